The minimum atomic E-state index is 0.537. The molecule has 1 rings (SSSR count). The topological polar surface area (TPSA) is 36.1 Å². The Morgan fingerprint density at radius 3 is 2.50 bits per heavy atom. The standard InChI is InChI=1S/C9H6N2S/c10-5-8-1-3-9(4-2-8)6-11-7-12/h1-4H,6H2. The molecule has 0 atom stereocenters. The van der Waals surface area contributed by atoms with Crippen molar-refractivity contribution in [1.29, 1.82) is 5.26 Å². The van der Waals surface area contributed by atoms with E-state index < -0.39 is 0 Å². The molecule has 0 heterocycles. The third kappa shape index (κ3) is 2.28. The Morgan fingerprint density at radius 2 is 2.00 bits per heavy atom. The number of benzene rings is 1. The summed E-state index contributed by atoms with van der Waals surface area (Å²) in [7, 11) is 0. The molecule has 0 bridgehead atoms. The Bertz CT molecular complexity index is 342. The van der Waals surface area contributed by atoms with Gasteiger partial charge in [-0.25, -0.2) is 4.99 Å². The fourth-order valence-corrected chi connectivity index (χ4v) is 0.873. The van der Waals surface area contributed by atoms with Gasteiger partial charge in [0.05, 0.1) is 23.3 Å². The lowest BCUT2D eigenvalue weighted by atomic mass is 10.1. The van der Waals surface area contributed by atoms with E-state index in [2.05, 4.69) is 22.4 Å². The van der Waals surface area contributed by atoms with E-state index in [0.717, 1.165) is 5.56 Å². The molecule has 0 saturated heterocycles. The van der Waals surface area contributed by atoms with Crippen molar-refractivity contribution in [3.05, 3.63) is 35.4 Å². The summed E-state index contributed by atoms with van der Waals surface area (Å²) in [4.78, 5) is 3.78. The molecule has 0 aliphatic rings. The summed E-state index contributed by atoms with van der Waals surface area (Å²) in [5.74, 6) is 0. The molecular weight excluding hydrogens is 168 g/mol. The highest BCUT2D eigenvalue weighted by Crippen LogP contribution is 2.03. The maximum atomic E-state index is 8.50. The highest BCUT2D eigenvalue weighted by molar-refractivity contribution is 7.78. The van der Waals surface area contributed by atoms with E-state index in [1.807, 2.05) is 18.2 Å². The second-order valence-electron chi connectivity index (χ2n) is 2.22. The van der Waals surface area contributed by atoms with E-state index in [9.17, 15) is 0 Å². The molecule has 0 aliphatic carbocycles. The van der Waals surface area contributed by atoms with Crippen LogP contribution in [0.2, 0.25) is 0 Å². The van der Waals surface area contributed by atoms with Crippen LogP contribution in [0.25, 0.3) is 0 Å². The summed E-state index contributed by atoms with van der Waals surface area (Å²) >= 11 is 4.43. The predicted octanol–water partition coefficient (Wildman–Crippen LogP) is 2.16. The van der Waals surface area contributed by atoms with Crippen LogP contribution >= 0.6 is 12.2 Å². The summed E-state index contributed by atoms with van der Waals surface area (Å²) in [6.07, 6.45) is 0. The molecule has 0 radical (unpaired) electrons. The SMILES string of the molecule is N#Cc1ccc(CN=C=S)cc1. The van der Waals surface area contributed by atoms with Crippen molar-refractivity contribution in [2.45, 2.75) is 6.54 Å². The largest absolute Gasteiger partial charge is 0.228 e. The van der Waals surface area contributed by atoms with Gasteiger partial charge in [0.15, 0.2) is 0 Å². The first-order chi connectivity index (χ1) is 5.86. The number of aliphatic imine (C=N–C) groups is 1. The summed E-state index contributed by atoms with van der Waals surface area (Å²) in [6, 6.07) is 9.27. The van der Waals surface area contributed by atoms with Crippen LogP contribution in [0.15, 0.2) is 29.3 Å². The molecule has 0 unspecified atom stereocenters. The van der Waals surface area contributed by atoms with Gasteiger partial charge in [0, 0.05) is 0 Å². The zero-order valence-electron chi connectivity index (χ0n) is 6.32. The summed E-state index contributed by atoms with van der Waals surface area (Å²) in [6.45, 7) is 0.537. The van der Waals surface area contributed by atoms with Gasteiger partial charge in [-0.3, -0.25) is 0 Å². The van der Waals surface area contributed by atoms with Crippen LogP contribution in [0.5, 0.6) is 0 Å². The molecule has 0 aliphatic heterocycles. The van der Waals surface area contributed by atoms with Crippen LogP contribution in [0.1, 0.15) is 11.1 Å². The van der Waals surface area contributed by atoms with E-state index >= 15 is 0 Å². The first-order valence-corrected chi connectivity index (χ1v) is 3.80. The molecule has 2 nitrogen and oxygen atoms in total. The molecular formula is C9H6N2S. The summed E-state index contributed by atoms with van der Waals surface area (Å²) < 4.78 is 0. The van der Waals surface area contributed by atoms with E-state index in [0.29, 0.717) is 12.1 Å². The van der Waals surface area contributed by atoms with Gasteiger partial charge in [-0.15, -0.1) is 0 Å². The number of thiocarbonyl (C=S) groups is 1. The van der Waals surface area contributed by atoms with Gasteiger partial charge < -0.3 is 0 Å². The minimum Gasteiger partial charge on any atom is -0.228 e. The molecule has 0 amide bonds. The summed E-state index contributed by atoms with van der Waals surface area (Å²) in [5, 5.41) is 10.8. The maximum absolute atomic E-state index is 8.50. The molecule has 3 heteroatoms. The molecule has 0 aromatic heterocycles. The van der Waals surface area contributed by atoms with Crippen LogP contribution in [0.3, 0.4) is 0 Å². The average Bonchev–Trinajstić information content (AvgIpc) is 2.15. The highest BCUT2D eigenvalue weighted by atomic mass is 32.1. The minimum absolute atomic E-state index is 0.537. The van der Waals surface area contributed by atoms with Crippen LogP contribution in [0.4, 0.5) is 0 Å². The Hall–Kier alpha value is -1.49. The quantitative estimate of drug-likeness (QED) is 0.509. The van der Waals surface area contributed by atoms with Crippen LogP contribution in [-0.2, 0) is 6.54 Å². The fourth-order valence-electron chi connectivity index (χ4n) is 0.808. The van der Waals surface area contributed by atoms with Crippen LogP contribution in [-0.4, -0.2) is 5.16 Å². The number of hydrogen-bond acceptors (Lipinski definition) is 3. The molecule has 58 valence electrons. The lowest BCUT2D eigenvalue weighted by Gasteiger charge is -1.93. The molecule has 0 saturated carbocycles. The smallest absolute Gasteiger partial charge is 0.0991 e. The van der Waals surface area contributed by atoms with E-state index in [-0.39, 0.29) is 0 Å². The number of nitriles is 1. The van der Waals surface area contributed by atoms with E-state index in [1.54, 1.807) is 12.1 Å². The van der Waals surface area contributed by atoms with Crippen molar-refractivity contribution in [2.24, 2.45) is 4.99 Å². The second-order valence-corrected chi connectivity index (χ2v) is 2.40. The number of hydrogen-bond donors (Lipinski definition) is 0. The molecule has 1 aromatic rings. The lowest BCUT2D eigenvalue weighted by Crippen LogP contribution is -1.80. The normalized spacial score (nSPS) is 8.25. The average molecular weight is 174 g/mol. The van der Waals surface area contributed by atoms with Crippen LogP contribution < -0.4 is 0 Å². The van der Waals surface area contributed by atoms with Crippen molar-refractivity contribution in [1.82, 2.24) is 0 Å². The number of isothiocyanates is 1. The zero-order valence-corrected chi connectivity index (χ0v) is 7.14. The fraction of sp³-hybridized carbons (Fsp3) is 0.111. The van der Waals surface area contributed by atoms with Gasteiger partial charge >= 0.3 is 0 Å². The van der Waals surface area contributed by atoms with Crippen molar-refractivity contribution >= 4 is 17.4 Å². The maximum Gasteiger partial charge on any atom is 0.0991 e. The Kier molecular flexibility index (Phi) is 3.16. The molecule has 0 fully saturated rings. The Morgan fingerprint density at radius 1 is 1.33 bits per heavy atom. The molecule has 0 N–H and O–H groups in total. The van der Waals surface area contributed by atoms with Crippen molar-refractivity contribution in [3.63, 3.8) is 0 Å². The Labute approximate surface area is 76.2 Å². The predicted molar refractivity (Wildman–Crippen MR) is 49.9 cm³/mol. The van der Waals surface area contributed by atoms with E-state index in [1.165, 1.54) is 0 Å². The first kappa shape index (κ1) is 8.61. The second kappa shape index (κ2) is 4.40. The molecule has 12 heavy (non-hydrogen) atoms. The third-order valence-corrected chi connectivity index (χ3v) is 1.54. The van der Waals surface area contributed by atoms with Crippen molar-refractivity contribution in [2.75, 3.05) is 0 Å². The Balaban J connectivity index is 2.79. The van der Waals surface area contributed by atoms with Crippen LogP contribution in [0, 0.1) is 11.3 Å². The van der Waals surface area contributed by atoms with Crippen molar-refractivity contribution in [3.8, 4) is 6.07 Å². The van der Waals surface area contributed by atoms with Gasteiger partial charge in [-0.1, -0.05) is 12.1 Å². The molecule has 0 spiro atoms. The summed E-state index contributed by atoms with van der Waals surface area (Å²) in [5.41, 5.74) is 1.69. The first-order valence-electron chi connectivity index (χ1n) is 3.39. The van der Waals surface area contributed by atoms with Gasteiger partial charge in [0.1, 0.15) is 0 Å². The van der Waals surface area contributed by atoms with Crippen molar-refractivity contribution < 1.29 is 0 Å². The lowest BCUT2D eigenvalue weighted by molar-refractivity contribution is 1.08. The van der Waals surface area contributed by atoms with Gasteiger partial charge in [-0.05, 0) is 29.9 Å². The number of rotatable bonds is 2. The monoisotopic (exact) mass is 174 g/mol. The van der Waals surface area contributed by atoms with Gasteiger partial charge in [0.25, 0.3) is 0 Å². The van der Waals surface area contributed by atoms with E-state index in [4.69, 9.17) is 5.26 Å². The third-order valence-electron chi connectivity index (χ3n) is 1.41. The molecule has 1 aromatic carbocycles. The van der Waals surface area contributed by atoms with Gasteiger partial charge in [-0.2, -0.15) is 5.26 Å². The zero-order chi connectivity index (χ0) is 8.81. The number of nitrogens with zero attached hydrogens (tertiary/aromatic N) is 2. The highest BCUT2D eigenvalue weighted by Gasteiger charge is 1.90. The van der Waals surface area contributed by atoms with Gasteiger partial charge in [0.2, 0.25) is 0 Å².